The second-order valence-corrected chi connectivity index (χ2v) is 9.77. The number of primary amides is 1. The zero-order valence-electron chi connectivity index (χ0n) is 21.0. The normalized spacial score (nSPS) is 17.7. The number of carbonyl (C=O) groups is 3. The number of esters is 1. The van der Waals surface area contributed by atoms with Crippen LogP contribution in [-0.2, 0) is 23.9 Å². The Morgan fingerprint density at radius 3 is 2.47 bits per heavy atom. The van der Waals surface area contributed by atoms with Gasteiger partial charge in [-0.15, -0.1) is 0 Å². The van der Waals surface area contributed by atoms with Crippen molar-refractivity contribution in [1.29, 1.82) is 0 Å². The van der Waals surface area contributed by atoms with Crippen LogP contribution in [-0.4, -0.2) is 51.3 Å². The highest BCUT2D eigenvalue weighted by molar-refractivity contribution is 6.30. The number of methoxy groups -OCH3 is 2. The Balaban J connectivity index is 2.20. The van der Waals surface area contributed by atoms with Crippen molar-refractivity contribution in [3.8, 4) is 11.5 Å². The zero-order chi connectivity index (χ0) is 26.6. The first-order valence-electron chi connectivity index (χ1n) is 11.4. The number of halogens is 1. The minimum absolute atomic E-state index is 0.0868. The molecule has 194 valence electrons. The van der Waals surface area contributed by atoms with Gasteiger partial charge in [-0.05, 0) is 24.3 Å². The van der Waals surface area contributed by atoms with Gasteiger partial charge in [0.05, 0.1) is 27.2 Å². The summed E-state index contributed by atoms with van der Waals surface area (Å²) in [5, 5.41) is 0.434. The van der Waals surface area contributed by atoms with Gasteiger partial charge in [0, 0.05) is 40.7 Å². The number of nitrogens with zero attached hydrogens (tertiary/aromatic N) is 1. The Kier molecular flexibility index (Phi) is 8.47. The molecule has 2 aromatic carbocycles. The number of para-hydroxylation sites is 1. The molecule has 0 radical (unpaired) electrons. The maximum absolute atomic E-state index is 13.8. The average molecular weight is 519 g/mol. The van der Waals surface area contributed by atoms with Gasteiger partial charge >= 0.3 is 5.97 Å². The van der Waals surface area contributed by atoms with E-state index in [0.717, 1.165) is 0 Å². The van der Waals surface area contributed by atoms with Crippen LogP contribution in [0, 0.1) is 5.41 Å². The molecule has 1 heterocycles. The summed E-state index contributed by atoms with van der Waals surface area (Å²) in [6.07, 6.45) is -2.35. The molecule has 0 aliphatic carbocycles. The van der Waals surface area contributed by atoms with E-state index in [1.807, 2.05) is 13.8 Å². The monoisotopic (exact) mass is 518 g/mol. The van der Waals surface area contributed by atoms with Crippen LogP contribution in [0.1, 0.15) is 44.4 Å². The molecule has 3 rings (SSSR count). The van der Waals surface area contributed by atoms with Gasteiger partial charge in [-0.25, -0.2) is 0 Å². The summed E-state index contributed by atoms with van der Waals surface area (Å²) in [7, 11) is 3.03. The Morgan fingerprint density at radius 1 is 1.14 bits per heavy atom. The number of benzene rings is 2. The number of hydrogen-bond donors (Lipinski definition) is 1. The minimum Gasteiger partial charge on any atom is -0.493 e. The fourth-order valence-electron chi connectivity index (χ4n) is 4.18. The Bertz CT molecular complexity index is 1150. The highest BCUT2D eigenvalue weighted by Gasteiger charge is 2.40. The van der Waals surface area contributed by atoms with E-state index in [-0.39, 0.29) is 19.6 Å². The third-order valence-electron chi connectivity index (χ3n) is 5.76. The molecule has 0 saturated heterocycles. The summed E-state index contributed by atoms with van der Waals surface area (Å²) in [5.41, 5.74) is 6.60. The van der Waals surface area contributed by atoms with E-state index in [4.69, 9.17) is 36.3 Å². The number of anilines is 1. The first-order valence-corrected chi connectivity index (χ1v) is 11.7. The highest BCUT2D eigenvalue weighted by atomic mass is 35.5. The van der Waals surface area contributed by atoms with Gasteiger partial charge in [0.25, 0.3) is 5.91 Å². The van der Waals surface area contributed by atoms with Gasteiger partial charge in [-0.3, -0.25) is 14.4 Å². The molecule has 9 nitrogen and oxygen atoms in total. The molecule has 0 fully saturated rings. The number of carbonyl (C=O) groups excluding carboxylic acids is 3. The van der Waals surface area contributed by atoms with Crippen LogP contribution in [0.2, 0.25) is 5.02 Å². The molecule has 1 aliphatic rings. The predicted octanol–water partition coefficient (Wildman–Crippen LogP) is 3.64. The van der Waals surface area contributed by atoms with Gasteiger partial charge < -0.3 is 29.6 Å². The number of ether oxygens (including phenoxy) is 4. The minimum atomic E-state index is -1.18. The maximum Gasteiger partial charge on any atom is 0.302 e. The van der Waals surface area contributed by atoms with E-state index < -0.39 is 35.4 Å². The van der Waals surface area contributed by atoms with Crippen LogP contribution in [0.4, 0.5) is 5.69 Å². The lowest BCUT2D eigenvalue weighted by molar-refractivity contribution is -0.144. The molecule has 36 heavy (non-hydrogen) atoms. The third-order valence-corrected chi connectivity index (χ3v) is 5.99. The molecule has 10 heteroatoms. The standard InChI is InChI=1S/C26H31ClN2O7/c1-15(30)35-14-26(2,3)13-29-19-10-9-16(27)11-18(19)23(36-21(25(29)32)12-22(28)31)17-7-6-8-20(33-4)24(17)34-5/h6-11,21,23H,12-14H2,1-5H3,(H2,28,31). The lowest BCUT2D eigenvalue weighted by Gasteiger charge is -2.33. The Hall–Kier alpha value is -3.30. The summed E-state index contributed by atoms with van der Waals surface area (Å²) < 4.78 is 22.6. The third kappa shape index (κ3) is 6.09. The maximum atomic E-state index is 13.8. The molecule has 2 atom stereocenters. The van der Waals surface area contributed by atoms with Crippen LogP contribution < -0.4 is 20.1 Å². The molecule has 1 aliphatic heterocycles. The lowest BCUT2D eigenvalue weighted by Crippen LogP contribution is -2.46. The van der Waals surface area contributed by atoms with E-state index in [1.165, 1.54) is 26.0 Å². The van der Waals surface area contributed by atoms with E-state index >= 15 is 0 Å². The van der Waals surface area contributed by atoms with Crippen LogP contribution in [0.5, 0.6) is 11.5 Å². The van der Waals surface area contributed by atoms with Crippen molar-refractivity contribution in [1.82, 2.24) is 0 Å². The molecule has 0 spiro atoms. The first kappa shape index (κ1) is 27.3. The number of nitrogens with two attached hydrogens (primary N) is 1. The van der Waals surface area contributed by atoms with Gasteiger partial charge in [0.2, 0.25) is 5.91 Å². The summed E-state index contributed by atoms with van der Waals surface area (Å²) in [4.78, 5) is 38.7. The predicted molar refractivity (Wildman–Crippen MR) is 134 cm³/mol. The van der Waals surface area contributed by atoms with E-state index in [9.17, 15) is 14.4 Å². The van der Waals surface area contributed by atoms with Crippen molar-refractivity contribution in [3.63, 3.8) is 0 Å². The second kappa shape index (κ2) is 11.2. The fourth-order valence-corrected chi connectivity index (χ4v) is 4.36. The molecule has 2 N–H and O–H groups in total. The van der Waals surface area contributed by atoms with Crippen molar-refractivity contribution in [2.45, 2.75) is 39.4 Å². The summed E-state index contributed by atoms with van der Waals surface area (Å²) >= 11 is 6.39. The molecular weight excluding hydrogens is 488 g/mol. The van der Waals surface area contributed by atoms with Crippen LogP contribution in [0.25, 0.3) is 0 Å². The van der Waals surface area contributed by atoms with Crippen LogP contribution in [0.15, 0.2) is 36.4 Å². The largest absolute Gasteiger partial charge is 0.493 e. The highest BCUT2D eigenvalue weighted by Crippen LogP contribution is 2.45. The van der Waals surface area contributed by atoms with Gasteiger partial charge in [0.15, 0.2) is 11.5 Å². The zero-order valence-corrected chi connectivity index (χ0v) is 21.8. The Labute approximate surface area is 215 Å². The number of amides is 2. The molecule has 0 aromatic heterocycles. The van der Waals surface area contributed by atoms with Crippen molar-refractivity contribution in [2.75, 3.05) is 32.3 Å². The molecular formula is C26H31ClN2O7. The van der Waals surface area contributed by atoms with Crippen molar-refractivity contribution < 1.29 is 33.3 Å². The van der Waals surface area contributed by atoms with Crippen LogP contribution >= 0.6 is 11.6 Å². The fraction of sp³-hybridized carbons (Fsp3) is 0.423. The van der Waals surface area contributed by atoms with E-state index in [2.05, 4.69) is 0 Å². The quantitative estimate of drug-likeness (QED) is 0.503. The van der Waals surface area contributed by atoms with Crippen LogP contribution in [0.3, 0.4) is 0 Å². The smallest absolute Gasteiger partial charge is 0.302 e. The topological polar surface area (TPSA) is 117 Å². The van der Waals surface area contributed by atoms with Gasteiger partial charge in [0.1, 0.15) is 12.2 Å². The number of rotatable bonds is 9. The average Bonchev–Trinajstić information content (AvgIpc) is 2.92. The molecule has 2 aromatic rings. The van der Waals surface area contributed by atoms with Crippen molar-refractivity contribution in [2.24, 2.45) is 11.1 Å². The van der Waals surface area contributed by atoms with Crippen molar-refractivity contribution in [3.05, 3.63) is 52.5 Å². The number of fused-ring (bicyclic) bond motifs is 1. The van der Waals surface area contributed by atoms with Gasteiger partial charge in [-0.1, -0.05) is 37.6 Å². The van der Waals surface area contributed by atoms with Gasteiger partial charge in [-0.2, -0.15) is 0 Å². The van der Waals surface area contributed by atoms with E-state index in [1.54, 1.807) is 36.4 Å². The summed E-state index contributed by atoms with van der Waals surface area (Å²) in [6, 6.07) is 10.4. The molecule has 0 saturated carbocycles. The summed E-state index contributed by atoms with van der Waals surface area (Å²) in [6.45, 7) is 5.33. The molecule has 2 amide bonds. The summed E-state index contributed by atoms with van der Waals surface area (Å²) in [5.74, 6) is -0.656. The Morgan fingerprint density at radius 2 is 1.86 bits per heavy atom. The molecule has 0 bridgehead atoms. The lowest BCUT2D eigenvalue weighted by atomic mass is 9.92. The molecule has 2 unspecified atom stereocenters. The first-order chi connectivity index (χ1) is 17.0. The SMILES string of the molecule is COc1cccc(C2OC(CC(N)=O)C(=O)N(CC(C)(C)COC(C)=O)c3ccc(Cl)cc32)c1OC. The number of hydrogen-bond acceptors (Lipinski definition) is 7. The van der Waals surface area contributed by atoms with E-state index in [0.29, 0.717) is 33.3 Å². The second-order valence-electron chi connectivity index (χ2n) is 9.33. The van der Waals surface area contributed by atoms with Crippen molar-refractivity contribution >= 4 is 35.1 Å².